The Balaban J connectivity index is 0.00000190. The number of piperidine rings is 1. The van der Waals surface area contributed by atoms with Crippen molar-refractivity contribution in [2.45, 2.75) is 36.3 Å². The quantitative estimate of drug-likeness (QED) is 0.395. The summed E-state index contributed by atoms with van der Waals surface area (Å²) in [6, 6.07) is 8.99. The van der Waals surface area contributed by atoms with Gasteiger partial charge in [-0.15, -0.1) is 24.8 Å². The van der Waals surface area contributed by atoms with Gasteiger partial charge in [-0.25, -0.2) is 9.37 Å². The SMILES string of the molecule is COc1ccc2nccc([C@H](O)CN3CC[C@H](NCc4cnc5c(c4)NC(=O)CS5)[C@@H](F)C3)c2c1.Cl.Cl. The van der Waals surface area contributed by atoms with E-state index < -0.39 is 12.3 Å². The van der Waals surface area contributed by atoms with Crippen LogP contribution in [-0.4, -0.2) is 70.6 Å². The highest BCUT2D eigenvalue weighted by Crippen LogP contribution is 2.30. The third-order valence-corrected chi connectivity index (χ3v) is 7.49. The van der Waals surface area contributed by atoms with Crippen molar-refractivity contribution in [1.29, 1.82) is 0 Å². The molecule has 5 rings (SSSR count). The summed E-state index contributed by atoms with van der Waals surface area (Å²) in [6.07, 6.45) is 2.25. The number of fused-ring (bicyclic) bond motifs is 2. The zero-order valence-corrected chi connectivity index (χ0v) is 22.7. The van der Waals surface area contributed by atoms with E-state index in [9.17, 15) is 9.90 Å². The van der Waals surface area contributed by atoms with E-state index in [4.69, 9.17) is 4.74 Å². The Bertz CT molecular complexity index is 1240. The van der Waals surface area contributed by atoms with Crippen LogP contribution in [0.2, 0.25) is 0 Å². The van der Waals surface area contributed by atoms with Crippen LogP contribution in [0.4, 0.5) is 10.1 Å². The molecule has 1 saturated heterocycles. The number of nitrogens with zero attached hydrogens (tertiary/aromatic N) is 3. The standard InChI is InChI=1S/C25H28FN5O3S.2ClH/c1-34-16-2-3-20-18(9-16)17(4-6-27-20)23(32)13-31-7-5-21(19(26)12-31)28-10-15-8-22-25(29-11-15)35-14-24(33)30-22;;/h2-4,6,8-9,11,19,21,23,28,32H,5,7,10,12-14H2,1H3,(H,30,33);2*1H/t19-,21-,23+;;/m0../s1. The average molecular weight is 571 g/mol. The number of likely N-dealkylation sites (tertiary alicyclic amines) is 1. The number of thioether (sulfide) groups is 1. The van der Waals surface area contributed by atoms with E-state index in [2.05, 4.69) is 20.6 Å². The highest BCUT2D eigenvalue weighted by Gasteiger charge is 2.30. The first-order chi connectivity index (χ1) is 17.0. The zero-order valence-electron chi connectivity index (χ0n) is 20.2. The molecule has 0 aliphatic carbocycles. The van der Waals surface area contributed by atoms with E-state index in [0.29, 0.717) is 43.2 Å². The third-order valence-electron chi connectivity index (χ3n) is 6.49. The summed E-state index contributed by atoms with van der Waals surface area (Å²) in [6.45, 7) is 1.74. The molecule has 0 unspecified atom stereocenters. The normalized spacial score (nSPS) is 20.2. The number of aromatic nitrogens is 2. The lowest BCUT2D eigenvalue weighted by Gasteiger charge is -2.36. The van der Waals surface area contributed by atoms with Crippen LogP contribution < -0.4 is 15.4 Å². The van der Waals surface area contributed by atoms with Gasteiger partial charge < -0.3 is 20.5 Å². The molecule has 1 aromatic carbocycles. The van der Waals surface area contributed by atoms with Gasteiger partial charge in [-0.2, -0.15) is 0 Å². The van der Waals surface area contributed by atoms with Gasteiger partial charge in [0.15, 0.2) is 0 Å². The second-order valence-electron chi connectivity index (χ2n) is 8.88. The molecule has 0 saturated carbocycles. The molecule has 1 amide bonds. The molecular formula is C25H30Cl2FN5O3S. The Hall–Kier alpha value is -2.21. The van der Waals surface area contributed by atoms with Gasteiger partial charge in [0.1, 0.15) is 16.9 Å². The number of methoxy groups -OCH3 is 1. The fourth-order valence-electron chi connectivity index (χ4n) is 4.64. The Morgan fingerprint density at radius 3 is 2.92 bits per heavy atom. The molecule has 3 aromatic rings. The van der Waals surface area contributed by atoms with E-state index in [-0.39, 0.29) is 43.3 Å². The van der Waals surface area contributed by atoms with Crippen LogP contribution >= 0.6 is 36.6 Å². The minimum absolute atomic E-state index is 0. The first kappa shape index (κ1) is 29.3. The summed E-state index contributed by atoms with van der Waals surface area (Å²) in [5, 5.41) is 18.7. The molecule has 0 radical (unpaired) electrons. The maximum Gasteiger partial charge on any atom is 0.234 e. The number of aliphatic hydroxyl groups is 1. The average Bonchev–Trinajstić information content (AvgIpc) is 2.87. The minimum Gasteiger partial charge on any atom is -0.497 e. The van der Waals surface area contributed by atoms with E-state index in [1.54, 1.807) is 25.6 Å². The van der Waals surface area contributed by atoms with E-state index in [1.165, 1.54) is 11.8 Å². The van der Waals surface area contributed by atoms with Gasteiger partial charge in [0.25, 0.3) is 0 Å². The van der Waals surface area contributed by atoms with Crippen molar-refractivity contribution in [3.63, 3.8) is 0 Å². The van der Waals surface area contributed by atoms with Gasteiger partial charge in [0.2, 0.25) is 5.91 Å². The molecular weight excluding hydrogens is 540 g/mol. The number of hydrogen-bond acceptors (Lipinski definition) is 8. The number of nitrogens with one attached hydrogen (secondary N) is 2. The highest BCUT2D eigenvalue weighted by molar-refractivity contribution is 8.00. The molecule has 2 aromatic heterocycles. The molecule has 200 valence electrons. The summed E-state index contributed by atoms with van der Waals surface area (Å²) >= 11 is 1.42. The van der Waals surface area contributed by atoms with Crippen molar-refractivity contribution in [2.75, 3.05) is 37.8 Å². The molecule has 2 aliphatic rings. The van der Waals surface area contributed by atoms with Crippen molar-refractivity contribution >= 4 is 59.1 Å². The van der Waals surface area contributed by atoms with Crippen molar-refractivity contribution in [3.05, 3.63) is 53.9 Å². The fourth-order valence-corrected chi connectivity index (χ4v) is 5.37. The highest BCUT2D eigenvalue weighted by atomic mass is 35.5. The summed E-state index contributed by atoms with van der Waals surface area (Å²) < 4.78 is 20.4. The Kier molecular flexibility index (Phi) is 10.3. The van der Waals surface area contributed by atoms with Gasteiger partial charge >= 0.3 is 0 Å². The number of hydrogen-bond donors (Lipinski definition) is 3. The molecule has 0 spiro atoms. The van der Waals surface area contributed by atoms with Gasteiger partial charge in [-0.05, 0) is 54.4 Å². The number of pyridine rings is 2. The number of amides is 1. The number of benzene rings is 1. The van der Waals surface area contributed by atoms with Crippen LogP contribution in [0, 0.1) is 0 Å². The summed E-state index contributed by atoms with van der Waals surface area (Å²) in [5.41, 5.74) is 3.15. The second-order valence-corrected chi connectivity index (χ2v) is 9.85. The van der Waals surface area contributed by atoms with Crippen molar-refractivity contribution in [2.24, 2.45) is 0 Å². The monoisotopic (exact) mass is 569 g/mol. The predicted molar refractivity (Wildman–Crippen MR) is 148 cm³/mol. The van der Waals surface area contributed by atoms with Gasteiger partial charge in [-0.1, -0.05) is 11.8 Å². The maximum atomic E-state index is 15.0. The molecule has 2 aliphatic heterocycles. The lowest BCUT2D eigenvalue weighted by Crippen LogP contribution is -2.51. The molecule has 4 heterocycles. The van der Waals surface area contributed by atoms with Gasteiger partial charge in [0.05, 0.1) is 30.2 Å². The minimum atomic E-state index is -1.06. The van der Waals surface area contributed by atoms with E-state index >= 15 is 4.39 Å². The molecule has 37 heavy (non-hydrogen) atoms. The lowest BCUT2D eigenvalue weighted by atomic mass is 10.00. The molecule has 3 N–H and O–H groups in total. The van der Waals surface area contributed by atoms with Crippen molar-refractivity contribution in [1.82, 2.24) is 20.2 Å². The third kappa shape index (κ3) is 6.81. The first-order valence-corrected chi connectivity index (χ1v) is 12.6. The lowest BCUT2D eigenvalue weighted by molar-refractivity contribution is -0.113. The Labute approximate surface area is 231 Å². The number of aliphatic hydroxyl groups excluding tert-OH is 1. The number of carbonyl (C=O) groups excluding carboxylic acids is 1. The number of halogens is 3. The smallest absolute Gasteiger partial charge is 0.234 e. The van der Waals surface area contributed by atoms with Gasteiger partial charge in [-0.3, -0.25) is 14.7 Å². The molecule has 3 atom stereocenters. The molecule has 1 fully saturated rings. The van der Waals surface area contributed by atoms with Gasteiger partial charge in [0, 0.05) is 43.5 Å². The van der Waals surface area contributed by atoms with Crippen LogP contribution in [0.1, 0.15) is 23.7 Å². The van der Waals surface area contributed by atoms with Crippen LogP contribution in [0.5, 0.6) is 5.75 Å². The Morgan fingerprint density at radius 2 is 2.14 bits per heavy atom. The van der Waals surface area contributed by atoms with Crippen molar-refractivity contribution in [3.8, 4) is 5.75 Å². The van der Waals surface area contributed by atoms with Crippen LogP contribution in [0.25, 0.3) is 10.9 Å². The number of anilines is 1. The summed E-state index contributed by atoms with van der Waals surface area (Å²) in [4.78, 5) is 22.4. The molecule has 0 bridgehead atoms. The molecule has 12 heteroatoms. The van der Waals surface area contributed by atoms with Crippen LogP contribution in [0.15, 0.2) is 47.8 Å². The van der Waals surface area contributed by atoms with E-state index in [1.807, 2.05) is 29.2 Å². The van der Waals surface area contributed by atoms with E-state index in [0.717, 1.165) is 27.1 Å². The predicted octanol–water partition coefficient (Wildman–Crippen LogP) is 3.76. The second kappa shape index (κ2) is 13.0. The fraction of sp³-hybridized carbons (Fsp3) is 0.400. The largest absolute Gasteiger partial charge is 0.497 e. The summed E-state index contributed by atoms with van der Waals surface area (Å²) in [5.74, 6) is 1.04. The number of β-amino-alcohol motifs (C(OH)–C–C–N with tert-alkyl or cyclic N) is 1. The Morgan fingerprint density at radius 1 is 1.30 bits per heavy atom. The summed E-state index contributed by atoms with van der Waals surface area (Å²) in [7, 11) is 1.60. The number of ether oxygens (including phenoxy) is 1. The number of rotatable bonds is 7. The van der Waals surface area contributed by atoms with Crippen LogP contribution in [0.3, 0.4) is 0 Å². The number of alkyl halides is 1. The maximum absolute atomic E-state index is 15.0. The first-order valence-electron chi connectivity index (χ1n) is 11.6. The topological polar surface area (TPSA) is 99.6 Å². The van der Waals surface area contributed by atoms with Crippen molar-refractivity contribution < 1.29 is 19.0 Å². The number of carbonyl (C=O) groups is 1. The van der Waals surface area contributed by atoms with Crippen LogP contribution in [-0.2, 0) is 11.3 Å². The zero-order chi connectivity index (χ0) is 24.4. The molecule has 8 nitrogen and oxygen atoms in total.